The number of aromatic nitrogens is 2. The van der Waals surface area contributed by atoms with Crippen molar-refractivity contribution >= 4 is 5.82 Å². The highest BCUT2D eigenvalue weighted by atomic mass is 16.5. The molecule has 1 aliphatic rings. The minimum absolute atomic E-state index is 0.295. The van der Waals surface area contributed by atoms with Crippen molar-refractivity contribution in [2.75, 3.05) is 12.4 Å². The SMILES string of the molecule is CCCc1c(NC)ncnc1OC1CC(C)CC(C)C1. The molecule has 2 unspecified atom stereocenters. The van der Waals surface area contributed by atoms with Crippen molar-refractivity contribution in [3.8, 4) is 5.88 Å². The van der Waals surface area contributed by atoms with Gasteiger partial charge in [-0.15, -0.1) is 0 Å². The lowest BCUT2D eigenvalue weighted by atomic mass is 9.82. The quantitative estimate of drug-likeness (QED) is 0.892. The van der Waals surface area contributed by atoms with E-state index in [1.807, 2.05) is 7.05 Å². The zero-order valence-electron chi connectivity index (χ0n) is 13.1. The summed E-state index contributed by atoms with van der Waals surface area (Å²) in [6, 6.07) is 0. The molecule has 112 valence electrons. The number of ether oxygens (including phenoxy) is 1. The Balaban J connectivity index is 2.15. The van der Waals surface area contributed by atoms with Crippen LogP contribution in [0, 0.1) is 11.8 Å². The molecule has 1 aliphatic carbocycles. The first-order valence-corrected chi connectivity index (χ1v) is 7.82. The van der Waals surface area contributed by atoms with Crippen molar-refractivity contribution in [2.24, 2.45) is 11.8 Å². The van der Waals surface area contributed by atoms with Crippen LogP contribution in [0.2, 0.25) is 0 Å². The third-order valence-electron chi connectivity index (χ3n) is 4.06. The summed E-state index contributed by atoms with van der Waals surface area (Å²) in [6.45, 7) is 6.80. The lowest BCUT2D eigenvalue weighted by Gasteiger charge is -2.31. The first-order chi connectivity index (χ1) is 9.63. The molecule has 1 aromatic heterocycles. The van der Waals surface area contributed by atoms with Crippen LogP contribution in [0.1, 0.15) is 52.0 Å². The third kappa shape index (κ3) is 3.62. The van der Waals surface area contributed by atoms with Gasteiger partial charge in [0.15, 0.2) is 0 Å². The fourth-order valence-electron chi connectivity index (χ4n) is 3.32. The predicted octanol–water partition coefficient (Wildman–Crippen LogP) is 3.67. The van der Waals surface area contributed by atoms with Crippen LogP contribution >= 0.6 is 0 Å². The lowest BCUT2D eigenvalue weighted by Crippen LogP contribution is -2.29. The van der Waals surface area contributed by atoms with Crippen molar-refractivity contribution in [3.63, 3.8) is 0 Å². The maximum absolute atomic E-state index is 6.23. The summed E-state index contributed by atoms with van der Waals surface area (Å²) in [5.41, 5.74) is 1.11. The number of anilines is 1. The number of hydrogen-bond donors (Lipinski definition) is 1. The molecule has 0 spiro atoms. The number of rotatable bonds is 5. The molecule has 1 N–H and O–H groups in total. The molecule has 2 atom stereocenters. The van der Waals surface area contributed by atoms with E-state index in [-0.39, 0.29) is 0 Å². The van der Waals surface area contributed by atoms with Crippen LogP contribution in [0.3, 0.4) is 0 Å². The van der Waals surface area contributed by atoms with Crippen molar-refractivity contribution in [2.45, 2.75) is 59.0 Å². The van der Waals surface area contributed by atoms with Gasteiger partial charge in [0, 0.05) is 7.05 Å². The molecule has 0 amide bonds. The van der Waals surface area contributed by atoms with Gasteiger partial charge >= 0.3 is 0 Å². The van der Waals surface area contributed by atoms with E-state index in [0.29, 0.717) is 6.10 Å². The van der Waals surface area contributed by atoms with Crippen LogP contribution in [0.5, 0.6) is 5.88 Å². The normalized spacial score (nSPS) is 26.3. The monoisotopic (exact) mass is 277 g/mol. The van der Waals surface area contributed by atoms with Gasteiger partial charge in [-0.2, -0.15) is 0 Å². The van der Waals surface area contributed by atoms with Crippen LogP contribution in [0.15, 0.2) is 6.33 Å². The van der Waals surface area contributed by atoms with Gasteiger partial charge in [-0.1, -0.05) is 27.2 Å². The highest BCUT2D eigenvalue weighted by molar-refractivity contribution is 5.48. The first kappa shape index (κ1) is 15.1. The molecule has 2 rings (SSSR count). The predicted molar refractivity (Wildman–Crippen MR) is 82.2 cm³/mol. The molecule has 1 aromatic rings. The van der Waals surface area contributed by atoms with Gasteiger partial charge in [-0.05, 0) is 37.5 Å². The topological polar surface area (TPSA) is 47.0 Å². The lowest BCUT2D eigenvalue weighted by molar-refractivity contribution is 0.0956. The fraction of sp³-hybridized carbons (Fsp3) is 0.750. The standard InChI is InChI=1S/C16H27N3O/c1-5-6-14-15(17-4)18-10-19-16(14)20-13-8-11(2)7-12(3)9-13/h10-13H,5-9H2,1-4H3,(H,17,18,19). The van der Waals surface area contributed by atoms with Gasteiger partial charge < -0.3 is 10.1 Å². The largest absolute Gasteiger partial charge is 0.474 e. The molecule has 1 saturated carbocycles. The van der Waals surface area contributed by atoms with E-state index >= 15 is 0 Å². The van der Waals surface area contributed by atoms with Crippen molar-refractivity contribution in [3.05, 3.63) is 11.9 Å². The van der Waals surface area contributed by atoms with Crippen molar-refractivity contribution in [1.29, 1.82) is 0 Å². The second kappa shape index (κ2) is 6.91. The molecular formula is C16H27N3O. The van der Waals surface area contributed by atoms with Gasteiger partial charge in [0.1, 0.15) is 18.2 Å². The van der Waals surface area contributed by atoms with E-state index in [9.17, 15) is 0 Å². The summed E-state index contributed by atoms with van der Waals surface area (Å²) in [7, 11) is 1.90. The summed E-state index contributed by atoms with van der Waals surface area (Å²) in [6.07, 6.45) is 7.48. The Morgan fingerprint density at radius 3 is 2.50 bits per heavy atom. The summed E-state index contributed by atoms with van der Waals surface area (Å²) in [5.74, 6) is 3.15. The zero-order chi connectivity index (χ0) is 14.5. The van der Waals surface area contributed by atoms with Crippen LogP contribution in [0.25, 0.3) is 0 Å². The Morgan fingerprint density at radius 2 is 1.90 bits per heavy atom. The Kier molecular flexibility index (Phi) is 5.21. The molecule has 4 heteroatoms. The van der Waals surface area contributed by atoms with E-state index in [1.165, 1.54) is 6.42 Å². The van der Waals surface area contributed by atoms with Crippen molar-refractivity contribution in [1.82, 2.24) is 9.97 Å². The summed E-state index contributed by atoms with van der Waals surface area (Å²) in [5, 5.41) is 3.14. The molecule has 20 heavy (non-hydrogen) atoms. The molecule has 4 nitrogen and oxygen atoms in total. The Labute approximate surface area is 122 Å². The molecule has 0 saturated heterocycles. The summed E-state index contributed by atoms with van der Waals surface area (Å²) in [4.78, 5) is 8.67. The molecule has 1 heterocycles. The van der Waals surface area contributed by atoms with Crippen LogP contribution in [0.4, 0.5) is 5.82 Å². The molecule has 0 aliphatic heterocycles. The van der Waals surface area contributed by atoms with Gasteiger partial charge in [0.25, 0.3) is 0 Å². The van der Waals surface area contributed by atoms with Crippen LogP contribution in [-0.2, 0) is 6.42 Å². The van der Waals surface area contributed by atoms with E-state index in [1.54, 1.807) is 6.33 Å². The first-order valence-electron chi connectivity index (χ1n) is 7.82. The number of hydrogen-bond acceptors (Lipinski definition) is 4. The molecule has 0 aromatic carbocycles. The van der Waals surface area contributed by atoms with Gasteiger partial charge in [-0.25, -0.2) is 9.97 Å². The van der Waals surface area contributed by atoms with E-state index < -0.39 is 0 Å². The summed E-state index contributed by atoms with van der Waals surface area (Å²) >= 11 is 0. The average molecular weight is 277 g/mol. The van der Waals surface area contributed by atoms with Crippen LogP contribution in [-0.4, -0.2) is 23.1 Å². The molecule has 1 fully saturated rings. The van der Waals surface area contributed by atoms with Gasteiger partial charge in [0.05, 0.1) is 5.56 Å². The minimum atomic E-state index is 0.295. The average Bonchev–Trinajstić information content (AvgIpc) is 2.39. The number of nitrogens with zero attached hydrogens (tertiary/aromatic N) is 2. The van der Waals surface area contributed by atoms with Crippen LogP contribution < -0.4 is 10.1 Å². The Morgan fingerprint density at radius 1 is 1.20 bits per heavy atom. The fourth-order valence-corrected chi connectivity index (χ4v) is 3.32. The molecule has 0 radical (unpaired) electrons. The highest BCUT2D eigenvalue weighted by Crippen LogP contribution is 2.32. The van der Waals surface area contributed by atoms with E-state index in [2.05, 4.69) is 36.1 Å². The third-order valence-corrected chi connectivity index (χ3v) is 4.06. The second-order valence-electron chi connectivity index (χ2n) is 6.16. The Hall–Kier alpha value is -1.32. The van der Waals surface area contributed by atoms with Crippen molar-refractivity contribution < 1.29 is 4.74 Å². The molecule has 0 bridgehead atoms. The van der Waals surface area contributed by atoms with Gasteiger partial charge in [0.2, 0.25) is 5.88 Å². The maximum atomic E-state index is 6.23. The smallest absolute Gasteiger partial charge is 0.222 e. The second-order valence-corrected chi connectivity index (χ2v) is 6.16. The summed E-state index contributed by atoms with van der Waals surface area (Å²) < 4.78 is 6.23. The highest BCUT2D eigenvalue weighted by Gasteiger charge is 2.26. The zero-order valence-corrected chi connectivity index (χ0v) is 13.1. The van der Waals surface area contributed by atoms with Gasteiger partial charge in [-0.3, -0.25) is 0 Å². The minimum Gasteiger partial charge on any atom is -0.474 e. The van der Waals surface area contributed by atoms with E-state index in [4.69, 9.17) is 4.74 Å². The number of nitrogens with one attached hydrogen (secondary N) is 1. The van der Waals surface area contributed by atoms with E-state index in [0.717, 1.165) is 54.8 Å². The Bertz CT molecular complexity index is 426. The molecular weight excluding hydrogens is 250 g/mol. The maximum Gasteiger partial charge on any atom is 0.222 e.